The van der Waals surface area contributed by atoms with Gasteiger partial charge in [-0.05, 0) is 48.2 Å². The molecule has 0 atom stereocenters. The third kappa shape index (κ3) is 5.51. The second kappa shape index (κ2) is 10.0. The third-order valence-corrected chi connectivity index (χ3v) is 6.04. The summed E-state index contributed by atoms with van der Waals surface area (Å²) in [5.41, 5.74) is 4.04. The van der Waals surface area contributed by atoms with Gasteiger partial charge < -0.3 is 20.1 Å². The molecule has 0 aromatic heterocycles. The van der Waals surface area contributed by atoms with Crippen LogP contribution in [0.4, 0.5) is 10.5 Å². The van der Waals surface area contributed by atoms with Crippen molar-refractivity contribution in [3.63, 3.8) is 0 Å². The van der Waals surface area contributed by atoms with E-state index in [1.807, 2.05) is 36.4 Å². The van der Waals surface area contributed by atoms with Crippen molar-refractivity contribution in [2.45, 2.75) is 31.7 Å². The van der Waals surface area contributed by atoms with Crippen molar-refractivity contribution < 1.29 is 24.2 Å². The molecule has 1 aliphatic rings. The van der Waals surface area contributed by atoms with E-state index in [0.29, 0.717) is 5.69 Å². The highest BCUT2D eigenvalue weighted by Gasteiger charge is 2.31. The standard InChI is InChI=1S/C28H28N2O5/c1-28(2,16-25(31)30(17-26(32)33)19-10-4-3-5-11-19)29-27(34)35-18-24-22-14-8-6-12-20(22)21-13-7-9-15-23(21)24/h3-15,24H,16-18H2,1-2H3,(H,29,34)(H,32,33). The van der Waals surface area contributed by atoms with Crippen LogP contribution in [0.5, 0.6) is 0 Å². The summed E-state index contributed by atoms with van der Waals surface area (Å²) >= 11 is 0. The van der Waals surface area contributed by atoms with Crippen molar-refractivity contribution in [1.29, 1.82) is 0 Å². The number of para-hydroxylation sites is 1. The van der Waals surface area contributed by atoms with Crippen LogP contribution >= 0.6 is 0 Å². The monoisotopic (exact) mass is 472 g/mol. The van der Waals surface area contributed by atoms with Crippen LogP contribution in [-0.4, -0.2) is 41.8 Å². The molecule has 0 radical (unpaired) electrons. The molecule has 0 fully saturated rings. The zero-order chi connectivity index (χ0) is 25.0. The summed E-state index contributed by atoms with van der Waals surface area (Å²) in [5, 5.41) is 12.0. The first kappa shape index (κ1) is 24.0. The predicted molar refractivity (Wildman–Crippen MR) is 133 cm³/mol. The maximum Gasteiger partial charge on any atom is 0.407 e. The molecule has 180 valence electrons. The Morgan fingerprint density at radius 1 is 0.886 bits per heavy atom. The van der Waals surface area contributed by atoms with E-state index in [1.54, 1.807) is 44.2 Å². The fraction of sp³-hybridized carbons (Fsp3) is 0.250. The summed E-state index contributed by atoms with van der Waals surface area (Å²) in [6.45, 7) is 3.11. The van der Waals surface area contributed by atoms with E-state index in [9.17, 15) is 19.5 Å². The van der Waals surface area contributed by atoms with Crippen LogP contribution in [0.15, 0.2) is 78.9 Å². The highest BCUT2D eigenvalue weighted by molar-refractivity contribution is 5.98. The van der Waals surface area contributed by atoms with Gasteiger partial charge in [-0.2, -0.15) is 0 Å². The van der Waals surface area contributed by atoms with Crippen LogP contribution in [0.25, 0.3) is 11.1 Å². The largest absolute Gasteiger partial charge is 0.480 e. The summed E-state index contributed by atoms with van der Waals surface area (Å²) in [4.78, 5) is 38.2. The van der Waals surface area contributed by atoms with E-state index >= 15 is 0 Å². The number of ether oxygens (including phenoxy) is 1. The zero-order valence-corrected chi connectivity index (χ0v) is 19.7. The Balaban J connectivity index is 1.40. The number of carboxylic acids is 1. The van der Waals surface area contributed by atoms with Crippen LogP contribution in [0.2, 0.25) is 0 Å². The summed E-state index contributed by atoms with van der Waals surface area (Å²) in [6.07, 6.45) is -0.728. The molecule has 3 aromatic rings. The van der Waals surface area contributed by atoms with Crippen molar-refractivity contribution in [1.82, 2.24) is 5.32 Å². The van der Waals surface area contributed by atoms with Gasteiger partial charge >= 0.3 is 12.1 Å². The molecular formula is C28H28N2O5. The number of aliphatic carboxylic acids is 1. The van der Waals surface area contributed by atoms with Crippen molar-refractivity contribution >= 4 is 23.7 Å². The second-order valence-corrected chi connectivity index (χ2v) is 9.22. The van der Waals surface area contributed by atoms with Gasteiger partial charge in [0.2, 0.25) is 5.91 Å². The van der Waals surface area contributed by atoms with E-state index in [2.05, 4.69) is 17.4 Å². The first-order valence-electron chi connectivity index (χ1n) is 11.5. The Morgan fingerprint density at radius 3 is 2.00 bits per heavy atom. The number of hydrogen-bond acceptors (Lipinski definition) is 4. The average Bonchev–Trinajstić information content (AvgIpc) is 3.14. The van der Waals surface area contributed by atoms with Gasteiger partial charge in [-0.15, -0.1) is 0 Å². The van der Waals surface area contributed by atoms with Crippen molar-refractivity contribution in [3.05, 3.63) is 90.0 Å². The van der Waals surface area contributed by atoms with Gasteiger partial charge in [-0.1, -0.05) is 66.7 Å². The number of nitrogens with one attached hydrogen (secondary N) is 1. The number of rotatable bonds is 8. The van der Waals surface area contributed by atoms with E-state index in [0.717, 1.165) is 22.3 Å². The topological polar surface area (TPSA) is 95.9 Å². The van der Waals surface area contributed by atoms with E-state index in [-0.39, 0.29) is 18.9 Å². The molecule has 2 N–H and O–H groups in total. The molecule has 7 nitrogen and oxygen atoms in total. The quantitative estimate of drug-likeness (QED) is 0.490. The fourth-order valence-corrected chi connectivity index (χ4v) is 4.50. The lowest BCUT2D eigenvalue weighted by atomic mass is 9.98. The number of carboxylic acid groups (broad SMARTS) is 1. The molecule has 0 unspecified atom stereocenters. The minimum absolute atomic E-state index is 0.0676. The minimum Gasteiger partial charge on any atom is -0.480 e. The summed E-state index contributed by atoms with van der Waals surface area (Å²) in [6, 6.07) is 24.8. The van der Waals surface area contributed by atoms with Crippen molar-refractivity contribution in [3.8, 4) is 11.1 Å². The number of anilines is 1. The minimum atomic E-state index is -1.12. The van der Waals surface area contributed by atoms with E-state index < -0.39 is 30.1 Å². The predicted octanol–water partition coefficient (Wildman–Crippen LogP) is 4.81. The number of alkyl carbamates (subject to hydrolysis) is 1. The molecule has 4 rings (SSSR count). The van der Waals surface area contributed by atoms with Gasteiger partial charge in [0.15, 0.2) is 0 Å². The summed E-state index contributed by atoms with van der Waals surface area (Å²) < 4.78 is 5.60. The molecular weight excluding hydrogens is 444 g/mol. The number of amides is 2. The van der Waals surface area contributed by atoms with Gasteiger partial charge in [0, 0.05) is 23.6 Å². The number of carbonyl (C=O) groups is 3. The van der Waals surface area contributed by atoms with Gasteiger partial charge in [0.05, 0.1) is 0 Å². The molecule has 35 heavy (non-hydrogen) atoms. The van der Waals surface area contributed by atoms with Crippen LogP contribution in [0.3, 0.4) is 0 Å². The number of carbonyl (C=O) groups excluding carboxylic acids is 2. The SMILES string of the molecule is CC(C)(CC(=O)N(CC(=O)O)c1ccccc1)NC(=O)OCC1c2ccccc2-c2ccccc21. The van der Waals surface area contributed by atoms with Crippen LogP contribution in [-0.2, 0) is 14.3 Å². The lowest BCUT2D eigenvalue weighted by Crippen LogP contribution is -2.48. The van der Waals surface area contributed by atoms with Crippen LogP contribution in [0.1, 0.15) is 37.3 Å². The van der Waals surface area contributed by atoms with Crippen molar-refractivity contribution in [2.75, 3.05) is 18.1 Å². The highest BCUT2D eigenvalue weighted by atomic mass is 16.5. The van der Waals surface area contributed by atoms with Gasteiger partial charge in [0.1, 0.15) is 13.2 Å². The van der Waals surface area contributed by atoms with Crippen molar-refractivity contribution in [2.24, 2.45) is 0 Å². The molecule has 0 saturated carbocycles. The van der Waals surface area contributed by atoms with E-state index in [1.165, 1.54) is 4.90 Å². The van der Waals surface area contributed by atoms with Crippen LogP contribution < -0.4 is 10.2 Å². The summed E-state index contributed by atoms with van der Waals surface area (Å²) in [7, 11) is 0. The number of benzene rings is 3. The smallest absolute Gasteiger partial charge is 0.407 e. The summed E-state index contributed by atoms with van der Waals surface area (Å²) in [5.74, 6) is -1.60. The Kier molecular flexibility index (Phi) is 6.87. The number of nitrogens with zero attached hydrogens (tertiary/aromatic N) is 1. The normalized spacial score (nSPS) is 12.4. The lowest BCUT2D eigenvalue weighted by Gasteiger charge is -2.29. The third-order valence-electron chi connectivity index (χ3n) is 6.04. The van der Waals surface area contributed by atoms with E-state index in [4.69, 9.17) is 4.74 Å². The van der Waals surface area contributed by atoms with Gasteiger partial charge in [-0.25, -0.2) is 4.79 Å². The Bertz CT molecular complexity index is 1190. The molecule has 7 heteroatoms. The molecule has 3 aromatic carbocycles. The molecule has 1 aliphatic carbocycles. The Labute approximate surface area is 204 Å². The van der Waals surface area contributed by atoms with Gasteiger partial charge in [-0.3, -0.25) is 9.59 Å². The Morgan fingerprint density at radius 2 is 1.43 bits per heavy atom. The van der Waals surface area contributed by atoms with Crippen LogP contribution in [0, 0.1) is 0 Å². The first-order valence-corrected chi connectivity index (χ1v) is 11.5. The molecule has 2 amide bonds. The number of fused-ring (bicyclic) bond motifs is 3. The average molecular weight is 473 g/mol. The molecule has 0 saturated heterocycles. The fourth-order valence-electron chi connectivity index (χ4n) is 4.50. The van der Waals surface area contributed by atoms with Gasteiger partial charge in [0.25, 0.3) is 0 Å². The zero-order valence-electron chi connectivity index (χ0n) is 19.7. The Hall–Kier alpha value is -4.13. The molecule has 0 aliphatic heterocycles. The molecule has 0 bridgehead atoms. The maximum atomic E-state index is 13.0. The number of hydrogen-bond donors (Lipinski definition) is 2. The molecule has 0 spiro atoms. The molecule has 0 heterocycles. The maximum absolute atomic E-state index is 13.0. The first-order chi connectivity index (χ1) is 16.7. The lowest BCUT2D eigenvalue weighted by molar-refractivity contribution is -0.136. The second-order valence-electron chi connectivity index (χ2n) is 9.22. The highest BCUT2D eigenvalue weighted by Crippen LogP contribution is 2.44.